The lowest BCUT2D eigenvalue weighted by molar-refractivity contribution is -0.153. The van der Waals surface area contributed by atoms with Crippen molar-refractivity contribution in [2.75, 3.05) is 111 Å². The van der Waals surface area contributed by atoms with E-state index in [9.17, 15) is 4.79 Å². The van der Waals surface area contributed by atoms with Crippen LogP contribution in [-0.2, 0) is 52.2 Å². The summed E-state index contributed by atoms with van der Waals surface area (Å²) in [6, 6.07) is 5.82. The molecule has 0 aliphatic carbocycles. The Morgan fingerprint density at radius 3 is 1.37 bits per heavy atom. The highest BCUT2D eigenvalue weighted by atomic mass is 33.1. The number of ether oxygens (including phenoxy) is 10. The van der Waals surface area contributed by atoms with Gasteiger partial charge in [-0.05, 0) is 221 Å². The largest absolute Gasteiger partial charge is 0.379 e. The van der Waals surface area contributed by atoms with Crippen molar-refractivity contribution in [3.63, 3.8) is 0 Å². The van der Waals surface area contributed by atoms with E-state index in [2.05, 4.69) is 163 Å². The summed E-state index contributed by atoms with van der Waals surface area (Å²) >= 11 is 0. The van der Waals surface area contributed by atoms with E-state index in [4.69, 9.17) is 58.4 Å². The van der Waals surface area contributed by atoms with E-state index < -0.39 is 33.6 Å². The summed E-state index contributed by atoms with van der Waals surface area (Å²) in [5.41, 5.74) is 26.9. The first-order valence-corrected chi connectivity index (χ1v) is 35.8. The van der Waals surface area contributed by atoms with E-state index in [1.54, 1.807) is 27.8 Å². The van der Waals surface area contributed by atoms with E-state index >= 15 is 0 Å². The summed E-state index contributed by atoms with van der Waals surface area (Å²) in [5.74, 6) is 0.738. The van der Waals surface area contributed by atoms with Crippen LogP contribution in [0.3, 0.4) is 0 Å². The molecule has 0 saturated heterocycles. The maximum atomic E-state index is 12.6. The maximum Gasteiger partial charge on any atom is 0.220 e. The minimum absolute atomic E-state index is 0.0341. The molecule has 0 saturated carbocycles. The number of carbonyl (C=O) groups excluding carboxylic acids is 1. The Morgan fingerprint density at radius 1 is 0.511 bits per heavy atom. The third kappa shape index (κ3) is 43.5. The van der Waals surface area contributed by atoms with Gasteiger partial charge in [-0.25, -0.2) is 4.98 Å². The summed E-state index contributed by atoms with van der Waals surface area (Å²) in [4.78, 5) is 22.6. The molecule has 25 heteroatoms. The minimum atomic E-state index is -0.471. The molecule has 0 spiro atoms. The lowest BCUT2D eigenvalue weighted by Gasteiger charge is -2.44. The number of pyridine rings is 1. The van der Waals surface area contributed by atoms with Crippen LogP contribution < -0.4 is 27.0 Å². The Hall–Kier alpha value is -2.62. The summed E-state index contributed by atoms with van der Waals surface area (Å²) in [6.07, 6.45) is 7.60. The number of azide groups is 2. The molecule has 2 atom stereocenters. The van der Waals surface area contributed by atoms with E-state index in [0.717, 1.165) is 30.7 Å². The molecular weight excluding hydrogens is 1210 g/mol. The van der Waals surface area contributed by atoms with Gasteiger partial charge in [0.15, 0.2) is 0 Å². The molecule has 0 aliphatic rings. The second kappa shape index (κ2) is 43.6. The molecule has 536 valence electrons. The van der Waals surface area contributed by atoms with Crippen LogP contribution >= 0.6 is 21.6 Å². The molecule has 0 aliphatic heterocycles. The fourth-order valence-corrected chi connectivity index (χ4v) is 11.4. The van der Waals surface area contributed by atoms with Crippen molar-refractivity contribution in [3.8, 4) is 0 Å². The third-order valence-corrected chi connectivity index (χ3v) is 18.6. The van der Waals surface area contributed by atoms with Crippen molar-refractivity contribution >= 4 is 27.5 Å². The molecule has 1 heterocycles. The van der Waals surface area contributed by atoms with Crippen molar-refractivity contribution < 1.29 is 52.2 Å². The molecule has 92 heavy (non-hydrogen) atoms. The monoisotopic (exact) mass is 1340 g/mol. The molecule has 1 rings (SSSR count). The Kier molecular flexibility index (Phi) is 41.4. The lowest BCUT2D eigenvalue weighted by atomic mass is 9.73. The molecule has 0 aromatic carbocycles. The van der Waals surface area contributed by atoms with Gasteiger partial charge >= 0.3 is 0 Å². The highest BCUT2D eigenvalue weighted by molar-refractivity contribution is 8.76. The highest BCUT2D eigenvalue weighted by Gasteiger charge is 2.43. The average Bonchev–Trinajstić information content (AvgIpc) is 0.887. The first kappa shape index (κ1) is 87.4. The number of aromatic nitrogens is 1. The summed E-state index contributed by atoms with van der Waals surface area (Å²) in [6.45, 7) is 54.2. The number of nitrogens with zero attached hydrogens (tertiary/aromatic N) is 7. The number of rotatable bonds is 56. The normalized spacial score (nSPS) is 14.4. The Bertz CT molecular complexity index is 2120. The van der Waals surface area contributed by atoms with Crippen molar-refractivity contribution in [2.45, 2.75) is 278 Å². The van der Waals surface area contributed by atoms with Crippen molar-refractivity contribution in [3.05, 3.63) is 45.3 Å². The molecule has 0 fully saturated rings. The van der Waals surface area contributed by atoms with Crippen molar-refractivity contribution in [1.29, 1.82) is 0 Å². The molecule has 2 unspecified atom stereocenters. The summed E-state index contributed by atoms with van der Waals surface area (Å²) < 4.78 is 63.8. The average molecular weight is 1340 g/mol. The SMILES string of the molecule is CC(C)(C)OC(COCCN=[N+]=[N-])CC(C)(C)C(C)(C)OCCC(C)(C)OCCNNCCC(CCNNCCOC(C)(C)CCOC(C)(C)C(C)(C)CC(COCCN=[N+]=[N-])OC(C)(C)C)OC(C)(C)CCOC(C)(C)CCNC(=O)CCSSc1ccccn1. The van der Waals surface area contributed by atoms with Crippen LogP contribution in [0.5, 0.6) is 0 Å². The lowest BCUT2D eigenvalue weighted by Crippen LogP contribution is -2.46. The van der Waals surface area contributed by atoms with Crippen LogP contribution in [0.2, 0.25) is 0 Å². The van der Waals surface area contributed by atoms with Gasteiger partial charge in [-0.15, -0.1) is 0 Å². The number of nitrogens with one attached hydrogen (secondary N) is 5. The van der Waals surface area contributed by atoms with Gasteiger partial charge in [-0.1, -0.05) is 54.8 Å². The molecule has 1 aromatic rings. The zero-order valence-corrected chi connectivity index (χ0v) is 63.0. The maximum absolute atomic E-state index is 12.6. The molecule has 1 aromatic heterocycles. The predicted octanol–water partition coefficient (Wildman–Crippen LogP) is 13.9. The number of carbonyl (C=O) groups is 1. The van der Waals surface area contributed by atoms with Gasteiger partial charge in [-0.3, -0.25) is 26.5 Å². The smallest absolute Gasteiger partial charge is 0.220 e. The van der Waals surface area contributed by atoms with Gasteiger partial charge in [0, 0.05) is 74.0 Å². The third-order valence-electron chi connectivity index (χ3n) is 16.3. The molecule has 5 N–H and O–H groups in total. The summed E-state index contributed by atoms with van der Waals surface area (Å²) in [5, 5.41) is 11.2. The molecule has 0 radical (unpaired) electrons. The van der Waals surface area contributed by atoms with Gasteiger partial charge in [-0.2, -0.15) is 0 Å². The van der Waals surface area contributed by atoms with E-state index in [1.807, 2.05) is 59.7 Å². The van der Waals surface area contributed by atoms with Gasteiger partial charge in [0.05, 0.1) is 123 Å². The fraction of sp³-hybridized carbons (Fsp3) is 0.910. The summed E-state index contributed by atoms with van der Waals surface area (Å²) in [7, 11) is 3.21. The van der Waals surface area contributed by atoms with Crippen LogP contribution in [0.25, 0.3) is 20.9 Å². The zero-order valence-electron chi connectivity index (χ0n) is 61.4. The number of hydrogen-bond donors (Lipinski definition) is 5. The zero-order chi connectivity index (χ0) is 69.7. The first-order chi connectivity index (χ1) is 42.7. The Labute approximate surface area is 564 Å². The molecule has 23 nitrogen and oxygen atoms in total. The minimum Gasteiger partial charge on any atom is -0.379 e. The second-order valence-electron chi connectivity index (χ2n) is 30.4. The van der Waals surface area contributed by atoms with Gasteiger partial charge < -0.3 is 52.7 Å². The quantitative estimate of drug-likeness (QED) is 0.0101. The fourth-order valence-electron chi connectivity index (χ4n) is 9.49. The Morgan fingerprint density at radius 2 is 0.935 bits per heavy atom. The van der Waals surface area contributed by atoms with Crippen LogP contribution in [0.4, 0.5) is 0 Å². The molecule has 0 bridgehead atoms. The van der Waals surface area contributed by atoms with E-state index in [-0.39, 0.29) is 59.3 Å². The standard InChI is InChI=1S/C67H130N12O11S2/c1-58(2,3)88-54(51-81-44-37-76-78-68)49-60(7,8)66(19,20)86-42-30-63(13,14)84-46-39-74-72-34-26-53(90-65(17,18)32-41-83-62(11,12)29-36-70-56(80)28-48-91-92-57-25-23-24-33-71-57)27-35-73-75-40-47-85-64(15,16)31-43-87-67(21,22)61(9,10)50-55(89-59(4,5)6)52-82-45-38-77-79-69/h23-25,33,53-55,72-75H,26-32,34-52H2,1-22H3,(H,70,80). The van der Waals surface area contributed by atoms with Crippen LogP contribution in [0.15, 0.2) is 39.7 Å². The van der Waals surface area contributed by atoms with Gasteiger partial charge in [0.2, 0.25) is 5.91 Å². The Balaban J connectivity index is 2.80. The van der Waals surface area contributed by atoms with Crippen molar-refractivity contribution in [1.82, 2.24) is 32.0 Å². The topological polar surface area (TPSA) is 280 Å². The molecule has 1 amide bonds. The van der Waals surface area contributed by atoms with E-state index in [0.29, 0.717) is 130 Å². The van der Waals surface area contributed by atoms with Crippen LogP contribution in [-0.4, -0.2) is 185 Å². The molecular formula is C67H130N12O11S2. The number of hydrogen-bond acceptors (Lipinski definition) is 20. The van der Waals surface area contributed by atoms with E-state index in [1.165, 1.54) is 0 Å². The van der Waals surface area contributed by atoms with Gasteiger partial charge in [0.1, 0.15) is 5.03 Å². The van der Waals surface area contributed by atoms with Crippen LogP contribution in [0.1, 0.15) is 210 Å². The highest BCUT2D eigenvalue weighted by Crippen LogP contribution is 2.41. The number of amides is 1. The number of hydrazine groups is 2. The van der Waals surface area contributed by atoms with Crippen molar-refractivity contribution in [2.24, 2.45) is 21.1 Å². The van der Waals surface area contributed by atoms with Crippen LogP contribution in [0, 0.1) is 10.8 Å². The second-order valence-corrected chi connectivity index (χ2v) is 32.9. The van der Waals surface area contributed by atoms with Gasteiger partial charge in [0.25, 0.3) is 0 Å². The predicted molar refractivity (Wildman–Crippen MR) is 375 cm³/mol. The first-order valence-electron chi connectivity index (χ1n) is 33.4.